The lowest BCUT2D eigenvalue weighted by atomic mass is 10.2. The Hall–Kier alpha value is -2.07. The molecule has 1 heterocycles. The van der Waals surface area contributed by atoms with Crippen molar-refractivity contribution in [3.8, 4) is 5.75 Å². The van der Waals surface area contributed by atoms with Gasteiger partial charge < -0.3 is 9.47 Å². The molecule has 0 radical (unpaired) electrons. The van der Waals surface area contributed by atoms with Crippen molar-refractivity contribution in [2.75, 3.05) is 6.61 Å². The van der Waals surface area contributed by atoms with E-state index in [0.29, 0.717) is 23.3 Å². The predicted molar refractivity (Wildman–Crippen MR) is 74.3 cm³/mol. The van der Waals surface area contributed by atoms with Crippen molar-refractivity contribution in [1.82, 2.24) is 0 Å². The van der Waals surface area contributed by atoms with Gasteiger partial charge in [0.1, 0.15) is 12.4 Å². The third-order valence-corrected chi connectivity index (χ3v) is 2.64. The number of halogens is 1. The average molecular weight is 278 g/mol. The van der Waals surface area contributed by atoms with Gasteiger partial charge in [0.25, 0.3) is 0 Å². The maximum Gasteiger partial charge on any atom is 0.363 e. The molecule has 0 saturated heterocycles. The molecule has 0 spiro atoms. The average Bonchev–Trinajstić information content (AvgIpc) is 2.67. The normalized spacial score (nSPS) is 16.2. The van der Waals surface area contributed by atoms with Gasteiger partial charge in [-0.1, -0.05) is 30.3 Å². The van der Waals surface area contributed by atoms with E-state index in [1.807, 2.05) is 0 Å². The summed E-state index contributed by atoms with van der Waals surface area (Å²) in [6.07, 6.45) is 3.25. The van der Waals surface area contributed by atoms with Crippen LogP contribution in [0.15, 0.2) is 41.5 Å². The van der Waals surface area contributed by atoms with Gasteiger partial charge in [0.2, 0.25) is 0 Å². The zero-order valence-electron chi connectivity index (χ0n) is 10.4. The van der Waals surface area contributed by atoms with Gasteiger partial charge in [-0.05, 0) is 23.8 Å². The summed E-state index contributed by atoms with van der Waals surface area (Å²) in [5, 5.41) is 0.461. The monoisotopic (exact) mass is 277 g/mol. The molecular weight excluding hydrogens is 266 g/mol. The van der Waals surface area contributed by atoms with E-state index in [-0.39, 0.29) is 5.70 Å². The SMILES string of the molecule is C=CCOc1ccc(C=C2N=C(C)OC2=O)cc1Cl. The van der Waals surface area contributed by atoms with E-state index in [9.17, 15) is 4.79 Å². The molecule has 0 fully saturated rings. The minimum absolute atomic E-state index is 0.258. The van der Waals surface area contributed by atoms with E-state index in [0.717, 1.165) is 5.56 Å². The fraction of sp³-hybridized carbons (Fsp3) is 0.143. The smallest absolute Gasteiger partial charge is 0.363 e. The van der Waals surface area contributed by atoms with Crippen LogP contribution in [0, 0.1) is 0 Å². The van der Waals surface area contributed by atoms with Gasteiger partial charge in [-0.2, -0.15) is 0 Å². The van der Waals surface area contributed by atoms with Crippen LogP contribution >= 0.6 is 11.6 Å². The summed E-state index contributed by atoms with van der Waals surface area (Å²) in [5.74, 6) is 0.450. The molecule has 0 unspecified atom stereocenters. The van der Waals surface area contributed by atoms with E-state index in [2.05, 4.69) is 11.6 Å². The number of nitrogens with zero attached hydrogens (tertiary/aromatic N) is 1. The van der Waals surface area contributed by atoms with Gasteiger partial charge in [0, 0.05) is 6.92 Å². The number of hydrogen-bond donors (Lipinski definition) is 0. The topological polar surface area (TPSA) is 47.9 Å². The Labute approximate surface area is 116 Å². The first kappa shape index (κ1) is 13.4. The largest absolute Gasteiger partial charge is 0.488 e. The van der Waals surface area contributed by atoms with Crippen molar-refractivity contribution >= 4 is 29.5 Å². The molecule has 1 aromatic rings. The predicted octanol–water partition coefficient (Wildman–Crippen LogP) is 3.22. The highest BCUT2D eigenvalue weighted by Crippen LogP contribution is 2.27. The molecule has 0 saturated carbocycles. The Kier molecular flexibility index (Phi) is 4.02. The summed E-state index contributed by atoms with van der Waals surface area (Å²) in [6.45, 7) is 5.57. The molecule has 1 aromatic carbocycles. The first-order valence-electron chi connectivity index (χ1n) is 5.62. The Morgan fingerprint density at radius 2 is 2.32 bits per heavy atom. The molecule has 0 N–H and O–H groups in total. The molecule has 19 heavy (non-hydrogen) atoms. The van der Waals surface area contributed by atoms with E-state index >= 15 is 0 Å². The molecule has 2 rings (SSSR count). The summed E-state index contributed by atoms with van der Waals surface area (Å²) in [6, 6.07) is 5.21. The molecular formula is C14H12ClNO3. The van der Waals surface area contributed by atoms with Crippen LogP contribution in [0.25, 0.3) is 6.08 Å². The Bertz CT molecular complexity index is 590. The second kappa shape index (κ2) is 5.71. The summed E-state index contributed by atoms with van der Waals surface area (Å²) >= 11 is 6.08. The van der Waals surface area contributed by atoms with Gasteiger partial charge >= 0.3 is 5.97 Å². The lowest BCUT2D eigenvalue weighted by Crippen LogP contribution is -1.99. The highest BCUT2D eigenvalue weighted by atomic mass is 35.5. The second-order valence-electron chi connectivity index (χ2n) is 3.84. The zero-order valence-corrected chi connectivity index (χ0v) is 11.1. The van der Waals surface area contributed by atoms with Crippen molar-refractivity contribution in [2.24, 2.45) is 4.99 Å². The highest BCUT2D eigenvalue weighted by Gasteiger charge is 2.19. The number of aliphatic imine (C=N–C) groups is 1. The van der Waals surface area contributed by atoms with Crippen LogP contribution in [0.4, 0.5) is 0 Å². The third-order valence-electron chi connectivity index (χ3n) is 2.34. The molecule has 0 bridgehead atoms. The number of benzene rings is 1. The second-order valence-corrected chi connectivity index (χ2v) is 4.25. The molecule has 0 aromatic heterocycles. The third kappa shape index (κ3) is 3.23. The molecule has 98 valence electrons. The summed E-state index contributed by atoms with van der Waals surface area (Å²) in [4.78, 5) is 15.4. The van der Waals surface area contributed by atoms with Gasteiger partial charge in [0.15, 0.2) is 11.6 Å². The van der Waals surface area contributed by atoms with Crippen molar-refractivity contribution in [2.45, 2.75) is 6.92 Å². The molecule has 0 atom stereocenters. The standard InChI is InChI=1S/C14H12ClNO3/c1-3-6-18-13-5-4-10(7-11(13)15)8-12-14(17)19-9(2)16-12/h3-5,7-8H,1,6H2,2H3. The van der Waals surface area contributed by atoms with Crippen LogP contribution in [-0.4, -0.2) is 18.5 Å². The molecule has 0 aliphatic carbocycles. The first-order chi connectivity index (χ1) is 9.10. The van der Waals surface area contributed by atoms with Crippen LogP contribution in [0.1, 0.15) is 12.5 Å². The first-order valence-corrected chi connectivity index (χ1v) is 6.00. The number of rotatable bonds is 4. The van der Waals surface area contributed by atoms with Gasteiger partial charge in [-0.3, -0.25) is 0 Å². The highest BCUT2D eigenvalue weighted by molar-refractivity contribution is 6.32. The number of esters is 1. The van der Waals surface area contributed by atoms with Crippen LogP contribution in [0.2, 0.25) is 5.02 Å². The van der Waals surface area contributed by atoms with Gasteiger partial charge in [-0.15, -0.1) is 0 Å². The van der Waals surface area contributed by atoms with Crippen LogP contribution < -0.4 is 4.74 Å². The van der Waals surface area contributed by atoms with E-state index < -0.39 is 5.97 Å². The quantitative estimate of drug-likeness (QED) is 0.482. The maximum absolute atomic E-state index is 11.4. The molecule has 5 heteroatoms. The van der Waals surface area contributed by atoms with Crippen LogP contribution in [0.5, 0.6) is 5.75 Å². The number of carbonyl (C=O) groups is 1. The maximum atomic E-state index is 11.4. The van der Waals surface area contributed by atoms with Crippen LogP contribution in [0.3, 0.4) is 0 Å². The van der Waals surface area contributed by atoms with E-state index in [4.69, 9.17) is 21.1 Å². The Morgan fingerprint density at radius 1 is 1.53 bits per heavy atom. The molecule has 1 aliphatic heterocycles. The van der Waals surface area contributed by atoms with Crippen molar-refractivity contribution in [3.05, 3.63) is 47.1 Å². The number of cyclic esters (lactones) is 1. The fourth-order valence-corrected chi connectivity index (χ4v) is 1.79. The van der Waals surface area contributed by atoms with Gasteiger partial charge in [-0.25, -0.2) is 9.79 Å². The molecule has 0 amide bonds. The van der Waals surface area contributed by atoms with Gasteiger partial charge in [0.05, 0.1) is 5.02 Å². The Morgan fingerprint density at radius 3 is 2.89 bits per heavy atom. The van der Waals surface area contributed by atoms with E-state index in [1.165, 1.54) is 0 Å². The molecule has 4 nitrogen and oxygen atoms in total. The van der Waals surface area contributed by atoms with Crippen LogP contribution in [-0.2, 0) is 9.53 Å². The fourth-order valence-electron chi connectivity index (χ4n) is 1.55. The minimum Gasteiger partial charge on any atom is -0.488 e. The number of ether oxygens (including phenoxy) is 2. The lowest BCUT2D eigenvalue weighted by Gasteiger charge is -2.06. The number of carbonyl (C=O) groups excluding carboxylic acids is 1. The lowest BCUT2D eigenvalue weighted by molar-refractivity contribution is -0.130. The van der Waals surface area contributed by atoms with Crippen molar-refractivity contribution in [3.63, 3.8) is 0 Å². The zero-order chi connectivity index (χ0) is 13.8. The summed E-state index contributed by atoms with van der Waals surface area (Å²) < 4.78 is 10.2. The molecule has 1 aliphatic rings. The van der Waals surface area contributed by atoms with Crippen molar-refractivity contribution < 1.29 is 14.3 Å². The van der Waals surface area contributed by atoms with Crippen molar-refractivity contribution in [1.29, 1.82) is 0 Å². The Balaban J connectivity index is 2.23. The number of hydrogen-bond acceptors (Lipinski definition) is 4. The summed E-state index contributed by atoms with van der Waals surface area (Å²) in [7, 11) is 0. The van der Waals surface area contributed by atoms with E-state index in [1.54, 1.807) is 37.3 Å². The summed E-state index contributed by atoms with van der Waals surface area (Å²) in [5.41, 5.74) is 1.01. The minimum atomic E-state index is -0.458.